The van der Waals surface area contributed by atoms with Gasteiger partial charge in [-0.05, 0) is 6.92 Å². The molecule has 58 valence electrons. The molecule has 0 aliphatic rings. The zero-order chi connectivity index (χ0) is 6.41. The molecule has 0 heterocycles. The SMILES string of the molecule is CCOC[C@@H](O)CN.Cl. The van der Waals surface area contributed by atoms with Gasteiger partial charge in [0.05, 0.1) is 12.7 Å². The third kappa shape index (κ3) is 8.17. The van der Waals surface area contributed by atoms with Gasteiger partial charge in [-0.1, -0.05) is 0 Å². The van der Waals surface area contributed by atoms with Gasteiger partial charge < -0.3 is 15.6 Å². The van der Waals surface area contributed by atoms with Gasteiger partial charge in [0.1, 0.15) is 0 Å². The molecular weight excluding hydrogens is 142 g/mol. The van der Waals surface area contributed by atoms with Crippen molar-refractivity contribution in [1.82, 2.24) is 0 Å². The highest BCUT2D eigenvalue weighted by Gasteiger charge is 1.97. The van der Waals surface area contributed by atoms with Crippen LogP contribution in [0.3, 0.4) is 0 Å². The molecule has 0 unspecified atom stereocenters. The van der Waals surface area contributed by atoms with E-state index in [4.69, 9.17) is 15.6 Å². The first-order valence-electron chi connectivity index (χ1n) is 2.77. The number of ether oxygens (including phenoxy) is 1. The van der Waals surface area contributed by atoms with Gasteiger partial charge in [0.15, 0.2) is 0 Å². The second-order valence-corrected chi connectivity index (χ2v) is 1.55. The van der Waals surface area contributed by atoms with E-state index in [2.05, 4.69) is 0 Å². The van der Waals surface area contributed by atoms with Gasteiger partial charge in [0.25, 0.3) is 0 Å². The average molecular weight is 156 g/mol. The second-order valence-electron chi connectivity index (χ2n) is 1.55. The molecule has 0 aromatic rings. The fourth-order valence-electron chi connectivity index (χ4n) is 0.322. The standard InChI is InChI=1S/C5H13NO2.ClH/c1-2-8-4-5(7)3-6;/h5,7H,2-4,6H2,1H3;1H/t5-;/m0./s1. The van der Waals surface area contributed by atoms with E-state index in [0.29, 0.717) is 13.2 Å². The summed E-state index contributed by atoms with van der Waals surface area (Å²) in [5.41, 5.74) is 5.08. The van der Waals surface area contributed by atoms with Gasteiger partial charge in [-0.15, -0.1) is 12.4 Å². The maximum Gasteiger partial charge on any atom is 0.0895 e. The minimum atomic E-state index is -0.491. The molecule has 1 atom stereocenters. The Morgan fingerprint density at radius 2 is 2.22 bits per heavy atom. The maximum atomic E-state index is 8.74. The fraction of sp³-hybridized carbons (Fsp3) is 1.00. The van der Waals surface area contributed by atoms with E-state index in [9.17, 15) is 0 Å². The summed E-state index contributed by atoms with van der Waals surface area (Å²) in [6.07, 6.45) is -0.491. The van der Waals surface area contributed by atoms with E-state index in [1.807, 2.05) is 6.92 Å². The molecule has 0 bridgehead atoms. The number of nitrogens with two attached hydrogens (primary N) is 1. The van der Waals surface area contributed by atoms with Crippen LogP contribution in [0.5, 0.6) is 0 Å². The van der Waals surface area contributed by atoms with Gasteiger partial charge in [-0.2, -0.15) is 0 Å². The molecule has 0 rings (SSSR count). The van der Waals surface area contributed by atoms with Crippen LogP contribution in [0.2, 0.25) is 0 Å². The first-order chi connectivity index (χ1) is 3.81. The summed E-state index contributed by atoms with van der Waals surface area (Å²) >= 11 is 0. The zero-order valence-electron chi connectivity index (χ0n) is 5.54. The van der Waals surface area contributed by atoms with Crippen LogP contribution in [0.4, 0.5) is 0 Å². The molecule has 0 radical (unpaired) electrons. The highest BCUT2D eigenvalue weighted by molar-refractivity contribution is 5.85. The van der Waals surface area contributed by atoms with Gasteiger partial charge in [-0.3, -0.25) is 0 Å². The molecular formula is C5H14ClNO2. The van der Waals surface area contributed by atoms with E-state index in [0.717, 1.165) is 0 Å². The van der Waals surface area contributed by atoms with Crippen molar-refractivity contribution in [1.29, 1.82) is 0 Å². The summed E-state index contributed by atoms with van der Waals surface area (Å²) < 4.78 is 4.86. The van der Waals surface area contributed by atoms with E-state index >= 15 is 0 Å². The van der Waals surface area contributed by atoms with Crippen molar-refractivity contribution in [3.05, 3.63) is 0 Å². The van der Waals surface area contributed by atoms with Crippen LogP contribution >= 0.6 is 12.4 Å². The molecule has 0 saturated heterocycles. The minimum absolute atomic E-state index is 0. The van der Waals surface area contributed by atoms with Crippen molar-refractivity contribution in [3.63, 3.8) is 0 Å². The topological polar surface area (TPSA) is 55.5 Å². The van der Waals surface area contributed by atoms with Crippen molar-refractivity contribution in [2.24, 2.45) is 5.73 Å². The summed E-state index contributed by atoms with van der Waals surface area (Å²) in [5, 5.41) is 8.74. The van der Waals surface area contributed by atoms with Gasteiger partial charge in [-0.25, -0.2) is 0 Å². The number of halogens is 1. The zero-order valence-corrected chi connectivity index (χ0v) is 6.36. The summed E-state index contributed by atoms with van der Waals surface area (Å²) in [6.45, 7) is 3.15. The smallest absolute Gasteiger partial charge is 0.0895 e. The van der Waals surface area contributed by atoms with Crippen LogP contribution in [0, 0.1) is 0 Å². The molecule has 0 aromatic heterocycles. The van der Waals surface area contributed by atoms with Crippen molar-refractivity contribution in [2.45, 2.75) is 13.0 Å². The molecule has 9 heavy (non-hydrogen) atoms. The number of rotatable bonds is 4. The molecule has 3 N–H and O–H groups in total. The Bertz CT molecular complexity index is 54.2. The predicted octanol–water partition coefficient (Wildman–Crippen LogP) is -0.236. The minimum Gasteiger partial charge on any atom is -0.389 e. The van der Waals surface area contributed by atoms with E-state index < -0.39 is 6.10 Å². The molecule has 0 amide bonds. The summed E-state index contributed by atoms with van der Waals surface area (Å²) in [7, 11) is 0. The Hall–Kier alpha value is 0.170. The third-order valence-electron chi connectivity index (χ3n) is 0.786. The molecule has 0 aliphatic carbocycles. The second kappa shape index (κ2) is 8.17. The Morgan fingerprint density at radius 3 is 2.56 bits per heavy atom. The predicted molar refractivity (Wildman–Crippen MR) is 38.8 cm³/mol. The van der Waals surface area contributed by atoms with E-state index in [1.165, 1.54) is 0 Å². The molecule has 0 aliphatic heterocycles. The average Bonchev–Trinajstić information content (AvgIpc) is 1.83. The van der Waals surface area contributed by atoms with Crippen molar-refractivity contribution in [2.75, 3.05) is 19.8 Å². The first kappa shape index (κ1) is 11.9. The Morgan fingerprint density at radius 1 is 1.67 bits per heavy atom. The largest absolute Gasteiger partial charge is 0.389 e. The van der Waals surface area contributed by atoms with Gasteiger partial charge >= 0.3 is 0 Å². The Kier molecular flexibility index (Phi) is 10.8. The third-order valence-corrected chi connectivity index (χ3v) is 0.786. The van der Waals surface area contributed by atoms with E-state index in [1.54, 1.807) is 0 Å². The maximum absolute atomic E-state index is 8.74. The Balaban J connectivity index is 0. The Labute approximate surface area is 61.6 Å². The highest BCUT2D eigenvalue weighted by atomic mass is 35.5. The fourth-order valence-corrected chi connectivity index (χ4v) is 0.322. The van der Waals surface area contributed by atoms with Crippen LogP contribution in [0.1, 0.15) is 6.92 Å². The van der Waals surface area contributed by atoms with Crippen LogP contribution in [0.25, 0.3) is 0 Å². The van der Waals surface area contributed by atoms with Crippen molar-refractivity contribution >= 4 is 12.4 Å². The summed E-state index contributed by atoms with van der Waals surface area (Å²) in [5.74, 6) is 0. The molecule has 3 nitrogen and oxygen atoms in total. The molecule has 0 spiro atoms. The number of hydrogen-bond acceptors (Lipinski definition) is 3. The molecule has 0 aromatic carbocycles. The number of hydrogen-bond donors (Lipinski definition) is 2. The summed E-state index contributed by atoms with van der Waals surface area (Å²) in [6, 6.07) is 0. The number of aliphatic hydroxyl groups is 1. The molecule has 0 saturated carbocycles. The lowest BCUT2D eigenvalue weighted by molar-refractivity contribution is 0.0474. The van der Waals surface area contributed by atoms with Gasteiger partial charge in [0.2, 0.25) is 0 Å². The van der Waals surface area contributed by atoms with Crippen LogP contribution in [0.15, 0.2) is 0 Å². The highest BCUT2D eigenvalue weighted by Crippen LogP contribution is 1.79. The summed E-state index contributed by atoms with van der Waals surface area (Å²) in [4.78, 5) is 0. The van der Waals surface area contributed by atoms with Crippen LogP contribution < -0.4 is 5.73 Å². The number of aliphatic hydroxyl groups excluding tert-OH is 1. The monoisotopic (exact) mass is 155 g/mol. The lowest BCUT2D eigenvalue weighted by Gasteiger charge is -2.05. The van der Waals surface area contributed by atoms with Gasteiger partial charge in [0, 0.05) is 13.2 Å². The van der Waals surface area contributed by atoms with E-state index in [-0.39, 0.29) is 19.0 Å². The van der Waals surface area contributed by atoms with Crippen molar-refractivity contribution in [3.8, 4) is 0 Å². The lowest BCUT2D eigenvalue weighted by Crippen LogP contribution is -2.24. The molecule has 4 heteroatoms. The quantitative estimate of drug-likeness (QED) is 0.590. The first-order valence-corrected chi connectivity index (χ1v) is 2.77. The lowest BCUT2D eigenvalue weighted by atomic mass is 10.4. The van der Waals surface area contributed by atoms with Crippen molar-refractivity contribution < 1.29 is 9.84 Å². The van der Waals surface area contributed by atoms with Crippen LogP contribution in [-0.2, 0) is 4.74 Å². The normalized spacial score (nSPS) is 12.3. The van der Waals surface area contributed by atoms with Crippen LogP contribution in [-0.4, -0.2) is 31.0 Å². The molecule has 0 fully saturated rings.